The molecule has 0 spiro atoms. The molecule has 32 heavy (non-hydrogen) atoms. The summed E-state index contributed by atoms with van der Waals surface area (Å²) in [6.45, 7) is 2.50. The molecule has 1 N–H and O–H groups in total. The fourth-order valence-electron chi connectivity index (χ4n) is 3.24. The van der Waals surface area contributed by atoms with Gasteiger partial charge in [0.1, 0.15) is 18.1 Å². The molecule has 0 fully saturated rings. The summed E-state index contributed by atoms with van der Waals surface area (Å²) in [5, 5.41) is 0.474. The van der Waals surface area contributed by atoms with Crippen molar-refractivity contribution in [2.45, 2.75) is 11.8 Å². The molecule has 1 amide bonds. The van der Waals surface area contributed by atoms with Crippen LogP contribution in [-0.4, -0.2) is 34.1 Å². The van der Waals surface area contributed by atoms with Gasteiger partial charge >= 0.3 is 0 Å². The molecule has 0 radical (unpaired) electrons. The van der Waals surface area contributed by atoms with Gasteiger partial charge in [0.2, 0.25) is 0 Å². The molecule has 0 atom stereocenters. The molecule has 0 saturated carbocycles. The van der Waals surface area contributed by atoms with E-state index >= 15 is 0 Å². The first-order chi connectivity index (χ1) is 15.3. The molecule has 0 unspecified atom stereocenters. The highest BCUT2D eigenvalue weighted by molar-refractivity contribution is 7.92. The molecule has 0 saturated heterocycles. The second-order valence-electron chi connectivity index (χ2n) is 7.19. The van der Waals surface area contributed by atoms with Gasteiger partial charge in [-0.2, -0.15) is 0 Å². The van der Waals surface area contributed by atoms with Crippen molar-refractivity contribution >= 4 is 38.9 Å². The molecule has 1 aliphatic heterocycles. The lowest BCUT2D eigenvalue weighted by molar-refractivity contribution is -0.120. The largest absolute Gasteiger partial charge is 0.490 e. The number of carbonyl (C=O) groups is 1. The van der Waals surface area contributed by atoms with Crippen LogP contribution in [0.3, 0.4) is 0 Å². The first kappa shape index (κ1) is 22.0. The van der Waals surface area contributed by atoms with Gasteiger partial charge in [0.05, 0.1) is 22.8 Å². The number of halogens is 1. The number of fused-ring (bicyclic) bond motifs is 1. The Morgan fingerprint density at radius 2 is 1.88 bits per heavy atom. The van der Waals surface area contributed by atoms with E-state index in [9.17, 15) is 13.2 Å². The molecule has 0 aliphatic carbocycles. The highest BCUT2D eigenvalue weighted by Crippen LogP contribution is 2.31. The van der Waals surface area contributed by atoms with Crippen molar-refractivity contribution in [2.24, 2.45) is 0 Å². The number of benzene rings is 3. The summed E-state index contributed by atoms with van der Waals surface area (Å²) in [7, 11) is -3.79. The number of sulfonamides is 1. The smallest absolute Gasteiger partial charge is 0.265 e. The molecular formula is C23H21ClN2O5S. The Hall–Kier alpha value is -3.23. The van der Waals surface area contributed by atoms with E-state index in [-0.39, 0.29) is 17.4 Å². The number of ether oxygens (including phenoxy) is 2. The number of carbonyl (C=O) groups excluding carboxylic acids is 1. The predicted octanol–water partition coefficient (Wildman–Crippen LogP) is 4.25. The standard InChI is InChI=1S/C23H21ClN2O5S/c1-16-6-7-17(14-20(16)24)25-32(28,29)19-10-8-18(9-11-19)31-15-23(27)26-12-13-30-22-5-3-2-4-21(22)26/h2-11,14,25H,12-13,15H2,1H3. The first-order valence-corrected chi connectivity index (χ1v) is 11.7. The van der Waals surface area contributed by atoms with E-state index in [0.29, 0.717) is 41.0 Å². The van der Waals surface area contributed by atoms with Crippen LogP contribution in [0.5, 0.6) is 11.5 Å². The number of para-hydroxylation sites is 2. The minimum atomic E-state index is -3.79. The van der Waals surface area contributed by atoms with E-state index in [1.165, 1.54) is 24.3 Å². The van der Waals surface area contributed by atoms with Crippen molar-refractivity contribution in [3.8, 4) is 11.5 Å². The molecule has 1 aliphatic rings. The number of hydrogen-bond acceptors (Lipinski definition) is 5. The summed E-state index contributed by atoms with van der Waals surface area (Å²) in [5.74, 6) is 0.830. The van der Waals surface area contributed by atoms with Crippen LogP contribution in [0.15, 0.2) is 71.6 Å². The Kier molecular flexibility index (Phi) is 6.25. The normalized spacial score (nSPS) is 13.1. The number of amides is 1. The Morgan fingerprint density at radius 3 is 2.62 bits per heavy atom. The van der Waals surface area contributed by atoms with Crippen LogP contribution in [0.2, 0.25) is 5.02 Å². The van der Waals surface area contributed by atoms with Gasteiger partial charge in [0, 0.05) is 5.02 Å². The molecule has 0 bridgehead atoms. The maximum Gasteiger partial charge on any atom is 0.265 e. The van der Waals surface area contributed by atoms with Gasteiger partial charge in [-0.15, -0.1) is 0 Å². The van der Waals surface area contributed by atoms with E-state index in [2.05, 4.69) is 4.72 Å². The summed E-state index contributed by atoms with van der Waals surface area (Å²) in [4.78, 5) is 14.3. The molecule has 3 aromatic rings. The molecule has 166 valence electrons. The molecule has 4 rings (SSSR count). The zero-order valence-electron chi connectivity index (χ0n) is 17.2. The second-order valence-corrected chi connectivity index (χ2v) is 9.28. The second kappa shape index (κ2) is 9.10. The Balaban J connectivity index is 1.39. The maximum atomic E-state index is 12.6. The third kappa shape index (κ3) is 4.81. The molecule has 7 nitrogen and oxygen atoms in total. The monoisotopic (exact) mass is 472 g/mol. The third-order valence-electron chi connectivity index (χ3n) is 4.95. The van der Waals surface area contributed by atoms with Crippen LogP contribution < -0.4 is 19.1 Å². The topological polar surface area (TPSA) is 84.9 Å². The van der Waals surface area contributed by atoms with Gasteiger partial charge in [0.25, 0.3) is 15.9 Å². The fraction of sp³-hybridized carbons (Fsp3) is 0.174. The third-order valence-corrected chi connectivity index (χ3v) is 6.75. The average molecular weight is 473 g/mol. The van der Waals surface area contributed by atoms with Crippen LogP contribution in [0.25, 0.3) is 0 Å². The van der Waals surface area contributed by atoms with Crippen molar-refractivity contribution in [1.82, 2.24) is 0 Å². The van der Waals surface area contributed by atoms with Gasteiger partial charge in [-0.3, -0.25) is 9.52 Å². The van der Waals surface area contributed by atoms with Crippen molar-refractivity contribution in [3.63, 3.8) is 0 Å². The van der Waals surface area contributed by atoms with Crippen molar-refractivity contribution in [2.75, 3.05) is 29.4 Å². The zero-order valence-corrected chi connectivity index (χ0v) is 18.8. The molecule has 9 heteroatoms. The highest BCUT2D eigenvalue weighted by atomic mass is 35.5. The summed E-state index contributed by atoms with van der Waals surface area (Å²) < 4.78 is 38.9. The van der Waals surface area contributed by atoms with Crippen LogP contribution in [0.4, 0.5) is 11.4 Å². The zero-order chi connectivity index (χ0) is 22.7. The lowest BCUT2D eigenvalue weighted by Crippen LogP contribution is -2.40. The van der Waals surface area contributed by atoms with Gasteiger partial charge in [-0.1, -0.05) is 29.8 Å². The van der Waals surface area contributed by atoms with Crippen LogP contribution in [-0.2, 0) is 14.8 Å². The van der Waals surface area contributed by atoms with E-state index in [1.807, 2.05) is 31.2 Å². The molecule has 1 heterocycles. The minimum absolute atomic E-state index is 0.0648. The highest BCUT2D eigenvalue weighted by Gasteiger charge is 2.23. The van der Waals surface area contributed by atoms with E-state index < -0.39 is 10.0 Å². The SMILES string of the molecule is Cc1ccc(NS(=O)(=O)c2ccc(OCC(=O)N3CCOc4ccccc43)cc2)cc1Cl. The predicted molar refractivity (Wildman–Crippen MR) is 123 cm³/mol. The lowest BCUT2D eigenvalue weighted by Gasteiger charge is -2.29. The fourth-order valence-corrected chi connectivity index (χ4v) is 4.47. The summed E-state index contributed by atoms with van der Waals surface area (Å²) in [6, 6.07) is 18.1. The number of aryl methyl sites for hydroxylation is 1. The lowest BCUT2D eigenvalue weighted by atomic mass is 10.2. The average Bonchev–Trinajstić information content (AvgIpc) is 2.79. The van der Waals surface area contributed by atoms with Gasteiger partial charge in [-0.05, 0) is 61.0 Å². The van der Waals surface area contributed by atoms with Crippen molar-refractivity contribution in [1.29, 1.82) is 0 Å². The number of anilines is 2. The summed E-state index contributed by atoms with van der Waals surface area (Å²) in [5.41, 5.74) is 1.93. The Labute approximate surface area is 191 Å². The van der Waals surface area contributed by atoms with Crippen molar-refractivity contribution in [3.05, 3.63) is 77.3 Å². The maximum absolute atomic E-state index is 12.6. The molecule has 0 aromatic heterocycles. The number of nitrogens with one attached hydrogen (secondary N) is 1. The summed E-state index contributed by atoms with van der Waals surface area (Å²) >= 11 is 6.06. The molecular weight excluding hydrogens is 452 g/mol. The minimum Gasteiger partial charge on any atom is -0.490 e. The van der Waals surface area contributed by atoms with E-state index in [1.54, 1.807) is 23.1 Å². The molecule has 3 aromatic carbocycles. The van der Waals surface area contributed by atoms with Gasteiger partial charge < -0.3 is 14.4 Å². The van der Waals surface area contributed by atoms with Crippen LogP contribution >= 0.6 is 11.6 Å². The van der Waals surface area contributed by atoms with E-state index in [4.69, 9.17) is 21.1 Å². The van der Waals surface area contributed by atoms with Crippen LogP contribution in [0.1, 0.15) is 5.56 Å². The number of rotatable bonds is 6. The Bertz CT molecular complexity index is 1250. The van der Waals surface area contributed by atoms with E-state index in [0.717, 1.165) is 5.56 Å². The van der Waals surface area contributed by atoms with Gasteiger partial charge in [-0.25, -0.2) is 8.42 Å². The first-order valence-electron chi connectivity index (χ1n) is 9.87. The number of nitrogens with zero attached hydrogens (tertiary/aromatic N) is 1. The van der Waals surface area contributed by atoms with Crippen molar-refractivity contribution < 1.29 is 22.7 Å². The quantitative estimate of drug-likeness (QED) is 0.579. The van der Waals surface area contributed by atoms with Gasteiger partial charge in [0.15, 0.2) is 6.61 Å². The van der Waals surface area contributed by atoms with Crippen LogP contribution in [0, 0.1) is 6.92 Å². The summed E-state index contributed by atoms with van der Waals surface area (Å²) in [6.07, 6.45) is 0. The Morgan fingerprint density at radius 1 is 1.12 bits per heavy atom. The number of hydrogen-bond donors (Lipinski definition) is 1.